The molecule has 7 unspecified atom stereocenters. The number of rotatable bonds is 9. The fraction of sp³-hybridized carbons (Fsp3) is 0.535. The molecule has 2 aromatic carbocycles. The van der Waals surface area contributed by atoms with E-state index in [1.165, 1.54) is 5.56 Å². The lowest BCUT2D eigenvalue weighted by Gasteiger charge is -2.33. The van der Waals surface area contributed by atoms with Gasteiger partial charge in [0.2, 0.25) is 0 Å². The van der Waals surface area contributed by atoms with Crippen molar-refractivity contribution in [2.75, 3.05) is 6.61 Å². The first-order valence-corrected chi connectivity index (χ1v) is 19.6. The number of piperidine rings is 1. The molecule has 0 bridgehead atoms. The van der Waals surface area contributed by atoms with Crippen molar-refractivity contribution in [1.29, 1.82) is 0 Å². The zero-order chi connectivity index (χ0) is 38.1. The Balaban J connectivity index is 0.898. The highest BCUT2D eigenvalue weighted by Crippen LogP contribution is 2.53. The third-order valence-electron chi connectivity index (χ3n) is 11.3. The van der Waals surface area contributed by atoms with E-state index in [4.69, 9.17) is 24.2 Å². The molecule has 2 amide bonds. The monoisotopic (exact) mass is 734 g/mol. The SMILES string of the molecule is CCC(CC=CCOc1cc2nc(C3CC4CC4N3C(=O)OC(C)(C)C)[nH]c2cc1C)c1ccc2nc(C3CC4C=CC4N3C(=O)OC(C)(C)C)[nH]c2c1. The van der Waals surface area contributed by atoms with Crippen molar-refractivity contribution in [2.45, 2.75) is 129 Å². The molecule has 0 radical (unpaired) electrons. The molecule has 2 aliphatic carbocycles. The number of hydrogen-bond acceptors (Lipinski definition) is 7. The van der Waals surface area contributed by atoms with Crippen molar-refractivity contribution in [3.63, 3.8) is 0 Å². The summed E-state index contributed by atoms with van der Waals surface area (Å²) in [5.41, 5.74) is 4.84. The number of carbonyl (C=O) groups excluding carboxylic acids is 2. The van der Waals surface area contributed by atoms with E-state index in [9.17, 15) is 9.59 Å². The Hall–Kier alpha value is -4.80. The topological polar surface area (TPSA) is 126 Å². The molecule has 2 saturated heterocycles. The fourth-order valence-electron chi connectivity index (χ4n) is 8.49. The molecule has 54 heavy (non-hydrogen) atoms. The average molecular weight is 735 g/mol. The highest BCUT2D eigenvalue weighted by Gasteiger charge is 2.56. The van der Waals surface area contributed by atoms with E-state index in [0.717, 1.165) is 77.1 Å². The maximum absolute atomic E-state index is 13.2. The lowest BCUT2D eigenvalue weighted by molar-refractivity contribution is 0.0152. The molecule has 2 aliphatic heterocycles. The minimum absolute atomic E-state index is 0.0598. The molecule has 3 fully saturated rings. The number of nitrogens with zero attached hydrogens (tertiary/aromatic N) is 4. The van der Waals surface area contributed by atoms with Crippen LogP contribution in [0.1, 0.15) is 121 Å². The number of nitrogens with one attached hydrogen (secondary N) is 2. The summed E-state index contributed by atoms with van der Waals surface area (Å²) in [5, 5.41) is 0. The van der Waals surface area contributed by atoms with Gasteiger partial charge in [-0.15, -0.1) is 0 Å². The molecule has 2 N–H and O–H groups in total. The van der Waals surface area contributed by atoms with Gasteiger partial charge in [-0.05, 0) is 122 Å². The minimum atomic E-state index is -0.561. The molecule has 286 valence electrons. The highest BCUT2D eigenvalue weighted by atomic mass is 16.6. The number of aromatic nitrogens is 4. The van der Waals surface area contributed by atoms with Crippen molar-refractivity contribution >= 4 is 34.3 Å². The number of amides is 2. The Morgan fingerprint density at radius 3 is 2.19 bits per heavy atom. The molecule has 2 aromatic heterocycles. The van der Waals surface area contributed by atoms with Crippen molar-refractivity contribution in [2.24, 2.45) is 11.8 Å². The Labute approximate surface area is 317 Å². The number of ether oxygens (including phenoxy) is 3. The number of carbonyl (C=O) groups is 2. The van der Waals surface area contributed by atoms with Gasteiger partial charge < -0.3 is 24.2 Å². The lowest BCUT2D eigenvalue weighted by atomic mass is 9.89. The number of allylic oxidation sites excluding steroid dienone is 1. The van der Waals surface area contributed by atoms with Crippen molar-refractivity contribution in [3.8, 4) is 5.75 Å². The van der Waals surface area contributed by atoms with Gasteiger partial charge in [-0.2, -0.15) is 0 Å². The maximum Gasteiger partial charge on any atom is 0.411 e. The maximum atomic E-state index is 13.2. The first-order chi connectivity index (χ1) is 25.7. The van der Waals surface area contributed by atoms with E-state index in [2.05, 4.69) is 65.5 Å². The molecule has 8 rings (SSSR count). The summed E-state index contributed by atoms with van der Waals surface area (Å²) in [6, 6.07) is 10.6. The van der Waals surface area contributed by atoms with Gasteiger partial charge in [0.1, 0.15) is 35.2 Å². The number of H-pyrrole nitrogens is 2. The third-order valence-corrected chi connectivity index (χ3v) is 11.3. The van der Waals surface area contributed by atoms with E-state index in [-0.39, 0.29) is 36.4 Å². The zero-order valence-electron chi connectivity index (χ0n) is 32.8. The number of fused-ring (bicyclic) bond motifs is 4. The molecule has 11 nitrogen and oxygen atoms in total. The molecule has 4 heterocycles. The third kappa shape index (κ3) is 7.09. The van der Waals surface area contributed by atoms with Gasteiger partial charge in [0.25, 0.3) is 0 Å². The molecular formula is C43H54N6O5. The summed E-state index contributed by atoms with van der Waals surface area (Å²) >= 11 is 0. The molecule has 0 spiro atoms. The largest absolute Gasteiger partial charge is 0.489 e. The van der Waals surface area contributed by atoms with Gasteiger partial charge in [0, 0.05) is 18.0 Å². The molecule has 4 aromatic rings. The number of imidazole rings is 2. The van der Waals surface area contributed by atoms with E-state index in [0.29, 0.717) is 24.4 Å². The standard InChI is InChI=1S/C43H54N6O5/c1-9-25(26-13-15-29-31(19-26)46-38(44-29)35-20-27-14-16-33(27)48(35)40(50)53-42(3,4)5)12-10-11-17-52-37-23-32-30(18-24(37)2)45-39(47-32)36-22-28-21-34(28)49(36)41(51)54-43(6,7)8/h10-11,13-16,18-19,23,25,27-28,33-36H,9,12,17,20-22H2,1-8H3,(H,44,46)(H,45,47). The average Bonchev–Trinajstić information content (AvgIpc) is 3.38. The van der Waals surface area contributed by atoms with E-state index >= 15 is 0 Å². The van der Waals surface area contributed by atoms with Crippen LogP contribution in [-0.2, 0) is 9.47 Å². The summed E-state index contributed by atoms with van der Waals surface area (Å²) in [5.74, 6) is 3.61. The smallest absolute Gasteiger partial charge is 0.411 e. The van der Waals surface area contributed by atoms with Crippen LogP contribution in [0.4, 0.5) is 9.59 Å². The van der Waals surface area contributed by atoms with Crippen LogP contribution in [0.25, 0.3) is 22.1 Å². The van der Waals surface area contributed by atoms with Gasteiger partial charge in [-0.3, -0.25) is 9.80 Å². The number of aryl methyl sites for hydroxylation is 1. The van der Waals surface area contributed by atoms with Gasteiger partial charge >= 0.3 is 12.2 Å². The van der Waals surface area contributed by atoms with Crippen molar-refractivity contribution in [3.05, 3.63) is 77.4 Å². The van der Waals surface area contributed by atoms with Crippen LogP contribution in [0, 0.1) is 18.8 Å². The zero-order valence-corrected chi connectivity index (χ0v) is 32.8. The Morgan fingerprint density at radius 2 is 1.52 bits per heavy atom. The summed E-state index contributed by atoms with van der Waals surface area (Å²) in [7, 11) is 0. The second-order valence-electron chi connectivity index (χ2n) is 17.7. The molecule has 7 atom stereocenters. The van der Waals surface area contributed by atoms with Crippen LogP contribution in [0.5, 0.6) is 5.75 Å². The molecular weight excluding hydrogens is 681 g/mol. The summed E-state index contributed by atoms with van der Waals surface area (Å²) < 4.78 is 17.8. The Morgan fingerprint density at radius 1 is 0.852 bits per heavy atom. The quantitative estimate of drug-likeness (QED) is 0.164. The minimum Gasteiger partial charge on any atom is -0.489 e. The van der Waals surface area contributed by atoms with Crippen LogP contribution in [0.15, 0.2) is 54.6 Å². The summed E-state index contributed by atoms with van der Waals surface area (Å²) in [6.07, 6.45) is 12.7. The number of hydrogen-bond donors (Lipinski definition) is 2. The number of likely N-dealkylation sites (tertiary alicyclic amines) is 2. The molecule has 11 heteroatoms. The van der Waals surface area contributed by atoms with Crippen LogP contribution in [0.3, 0.4) is 0 Å². The fourth-order valence-corrected chi connectivity index (χ4v) is 8.49. The predicted molar refractivity (Wildman–Crippen MR) is 208 cm³/mol. The number of aromatic amines is 2. The first-order valence-electron chi connectivity index (χ1n) is 19.6. The Kier molecular flexibility index (Phi) is 9.04. The van der Waals surface area contributed by atoms with Crippen molar-refractivity contribution < 1.29 is 23.8 Å². The second-order valence-corrected chi connectivity index (χ2v) is 17.7. The van der Waals surface area contributed by atoms with Crippen LogP contribution >= 0.6 is 0 Å². The number of benzene rings is 2. The van der Waals surface area contributed by atoms with E-state index < -0.39 is 11.2 Å². The second kappa shape index (κ2) is 13.5. The van der Waals surface area contributed by atoms with Gasteiger partial charge in [0.05, 0.1) is 40.2 Å². The van der Waals surface area contributed by atoms with Crippen LogP contribution < -0.4 is 4.74 Å². The highest BCUT2D eigenvalue weighted by molar-refractivity contribution is 5.79. The van der Waals surface area contributed by atoms with Crippen LogP contribution in [-0.4, -0.2) is 71.8 Å². The van der Waals surface area contributed by atoms with Gasteiger partial charge in [-0.25, -0.2) is 19.6 Å². The summed E-state index contributed by atoms with van der Waals surface area (Å²) in [4.78, 5) is 47.1. The van der Waals surface area contributed by atoms with Crippen LogP contribution in [0.2, 0.25) is 0 Å². The van der Waals surface area contributed by atoms with E-state index in [1.807, 2.05) is 64.3 Å². The van der Waals surface area contributed by atoms with E-state index in [1.54, 1.807) is 0 Å². The molecule has 1 saturated carbocycles. The molecule has 4 aliphatic rings. The normalized spacial score (nSPS) is 25.3. The lowest BCUT2D eigenvalue weighted by Crippen LogP contribution is -2.43. The predicted octanol–water partition coefficient (Wildman–Crippen LogP) is 9.57. The van der Waals surface area contributed by atoms with Gasteiger partial charge in [-0.1, -0.05) is 37.3 Å². The van der Waals surface area contributed by atoms with Crippen molar-refractivity contribution in [1.82, 2.24) is 29.7 Å². The van der Waals surface area contributed by atoms with Gasteiger partial charge in [0.15, 0.2) is 0 Å². The first kappa shape index (κ1) is 36.2. The summed E-state index contributed by atoms with van der Waals surface area (Å²) in [6.45, 7) is 16.1. The Bertz CT molecular complexity index is 2130.